The molecule has 0 bridgehead atoms. The molecule has 0 spiro atoms. The third-order valence-corrected chi connectivity index (χ3v) is 4.58. The average molecular weight is 445 g/mol. The first kappa shape index (κ1) is 21.3. The Hall–Kier alpha value is -3.42. The van der Waals surface area contributed by atoms with Gasteiger partial charge in [0.25, 0.3) is 11.6 Å². The van der Waals surface area contributed by atoms with Crippen LogP contribution in [0, 0.1) is 10.1 Å². The second-order valence-electron chi connectivity index (χ2n) is 6.12. The number of nitro groups is 1. The van der Waals surface area contributed by atoms with Gasteiger partial charge in [0, 0.05) is 34.0 Å². The number of hydrogen-bond donors (Lipinski definition) is 1. The summed E-state index contributed by atoms with van der Waals surface area (Å²) in [6.07, 6.45) is 0. The molecule has 1 N–H and O–H groups in total. The van der Waals surface area contributed by atoms with E-state index in [1.807, 2.05) is 0 Å². The standard InChI is InChI=1S/C21H14Cl2N2O5/c22-14-4-9-18(19(23)11-14)20(26)12-30-17-7-5-15(6-8-17)24-21(27)13-2-1-3-16(10-13)25(28)29/h1-11H,12H2,(H,24,27). The van der Waals surface area contributed by atoms with Gasteiger partial charge in [0.05, 0.1) is 9.95 Å². The first-order valence-electron chi connectivity index (χ1n) is 8.60. The highest BCUT2D eigenvalue weighted by atomic mass is 35.5. The number of ketones is 1. The lowest BCUT2D eigenvalue weighted by Crippen LogP contribution is -2.13. The van der Waals surface area contributed by atoms with E-state index < -0.39 is 10.8 Å². The molecular formula is C21H14Cl2N2O5. The molecule has 9 heteroatoms. The van der Waals surface area contributed by atoms with Gasteiger partial charge in [-0.2, -0.15) is 0 Å². The topological polar surface area (TPSA) is 98.5 Å². The van der Waals surface area contributed by atoms with Crippen LogP contribution in [0.25, 0.3) is 0 Å². The summed E-state index contributed by atoms with van der Waals surface area (Å²) in [6, 6.07) is 16.3. The van der Waals surface area contributed by atoms with Gasteiger partial charge in [0.15, 0.2) is 6.61 Å². The number of ether oxygens (including phenoxy) is 1. The summed E-state index contributed by atoms with van der Waals surface area (Å²) in [7, 11) is 0. The molecule has 3 aromatic carbocycles. The van der Waals surface area contributed by atoms with E-state index in [1.54, 1.807) is 30.3 Å². The molecule has 7 nitrogen and oxygen atoms in total. The minimum absolute atomic E-state index is 0.162. The van der Waals surface area contributed by atoms with Gasteiger partial charge >= 0.3 is 0 Å². The quantitative estimate of drug-likeness (QED) is 0.298. The van der Waals surface area contributed by atoms with Crippen LogP contribution in [0.15, 0.2) is 66.7 Å². The summed E-state index contributed by atoms with van der Waals surface area (Å²) >= 11 is 11.8. The monoisotopic (exact) mass is 444 g/mol. The minimum atomic E-state index is -0.568. The summed E-state index contributed by atoms with van der Waals surface area (Å²) in [4.78, 5) is 34.8. The van der Waals surface area contributed by atoms with Crippen LogP contribution in [0.2, 0.25) is 10.0 Å². The van der Waals surface area contributed by atoms with Crippen molar-refractivity contribution in [2.45, 2.75) is 0 Å². The van der Waals surface area contributed by atoms with Gasteiger partial charge in [0.2, 0.25) is 5.78 Å². The van der Waals surface area contributed by atoms with Gasteiger partial charge < -0.3 is 10.1 Å². The van der Waals surface area contributed by atoms with E-state index in [4.69, 9.17) is 27.9 Å². The van der Waals surface area contributed by atoms with Crippen LogP contribution in [0.4, 0.5) is 11.4 Å². The molecule has 3 aromatic rings. The molecular weight excluding hydrogens is 431 g/mol. The highest BCUT2D eigenvalue weighted by Gasteiger charge is 2.13. The summed E-state index contributed by atoms with van der Waals surface area (Å²) < 4.78 is 5.47. The lowest BCUT2D eigenvalue weighted by Gasteiger charge is -2.09. The Kier molecular flexibility index (Phi) is 6.66. The SMILES string of the molecule is O=C(Nc1ccc(OCC(=O)c2ccc(Cl)cc2Cl)cc1)c1cccc([N+](=O)[O-])c1. The molecule has 0 fully saturated rings. The number of halogens is 2. The normalized spacial score (nSPS) is 10.3. The lowest BCUT2D eigenvalue weighted by atomic mass is 10.1. The molecule has 0 atom stereocenters. The number of amides is 1. The number of anilines is 1. The van der Waals surface area contributed by atoms with E-state index in [2.05, 4.69) is 5.32 Å². The second-order valence-corrected chi connectivity index (χ2v) is 6.97. The Morgan fingerprint density at radius 2 is 1.73 bits per heavy atom. The number of benzene rings is 3. The Bertz CT molecular complexity index is 1120. The van der Waals surface area contributed by atoms with Crippen molar-refractivity contribution in [2.75, 3.05) is 11.9 Å². The maximum Gasteiger partial charge on any atom is 0.270 e. The molecule has 1 amide bonds. The van der Waals surface area contributed by atoms with Crippen molar-refractivity contribution in [1.29, 1.82) is 0 Å². The molecule has 30 heavy (non-hydrogen) atoms. The predicted octanol–water partition coefficient (Wildman–Crippen LogP) is 5.42. The van der Waals surface area contributed by atoms with Crippen LogP contribution in [0.3, 0.4) is 0 Å². The second kappa shape index (κ2) is 9.39. The molecule has 0 radical (unpaired) electrons. The number of rotatable bonds is 7. The van der Waals surface area contributed by atoms with Crippen molar-refractivity contribution in [3.05, 3.63) is 98.0 Å². The fourth-order valence-electron chi connectivity index (χ4n) is 2.54. The molecule has 0 aliphatic heterocycles. The van der Waals surface area contributed by atoms with E-state index >= 15 is 0 Å². The van der Waals surface area contributed by atoms with Crippen LogP contribution in [-0.4, -0.2) is 23.2 Å². The van der Waals surface area contributed by atoms with Crippen molar-refractivity contribution in [1.82, 2.24) is 0 Å². The van der Waals surface area contributed by atoms with Crippen LogP contribution >= 0.6 is 23.2 Å². The van der Waals surface area contributed by atoms with E-state index in [0.29, 0.717) is 22.0 Å². The highest BCUT2D eigenvalue weighted by Crippen LogP contribution is 2.22. The molecule has 0 unspecified atom stereocenters. The molecule has 0 saturated heterocycles. The van der Waals surface area contributed by atoms with E-state index in [9.17, 15) is 19.7 Å². The van der Waals surface area contributed by atoms with Crippen molar-refractivity contribution in [3.8, 4) is 5.75 Å². The molecule has 3 rings (SSSR count). The Morgan fingerprint density at radius 3 is 2.40 bits per heavy atom. The van der Waals surface area contributed by atoms with Crippen molar-refractivity contribution in [3.63, 3.8) is 0 Å². The number of nitrogens with one attached hydrogen (secondary N) is 1. The number of carbonyl (C=O) groups excluding carboxylic acids is 2. The lowest BCUT2D eigenvalue weighted by molar-refractivity contribution is -0.384. The fraction of sp³-hybridized carbons (Fsp3) is 0.0476. The molecule has 0 aromatic heterocycles. The van der Waals surface area contributed by atoms with Gasteiger partial charge in [-0.15, -0.1) is 0 Å². The Morgan fingerprint density at radius 1 is 1.00 bits per heavy atom. The minimum Gasteiger partial charge on any atom is -0.485 e. The smallest absolute Gasteiger partial charge is 0.270 e. The largest absolute Gasteiger partial charge is 0.485 e. The van der Waals surface area contributed by atoms with E-state index in [0.717, 1.165) is 0 Å². The molecule has 0 aliphatic carbocycles. The van der Waals surface area contributed by atoms with Crippen LogP contribution in [-0.2, 0) is 0 Å². The number of non-ortho nitro benzene ring substituents is 1. The Labute approximate surface area is 181 Å². The van der Waals surface area contributed by atoms with Gasteiger partial charge in [-0.3, -0.25) is 19.7 Å². The number of nitro benzene ring substituents is 1. The number of hydrogen-bond acceptors (Lipinski definition) is 5. The van der Waals surface area contributed by atoms with Gasteiger partial charge in [-0.05, 0) is 48.5 Å². The van der Waals surface area contributed by atoms with Crippen LogP contribution in [0.1, 0.15) is 20.7 Å². The predicted molar refractivity (Wildman–Crippen MR) is 114 cm³/mol. The zero-order valence-corrected chi connectivity index (χ0v) is 16.8. The number of Topliss-reactive ketones (excluding diaryl/α,β-unsaturated/α-hetero) is 1. The third-order valence-electron chi connectivity index (χ3n) is 4.03. The molecule has 0 heterocycles. The molecule has 0 saturated carbocycles. The van der Waals surface area contributed by atoms with Crippen LogP contribution < -0.4 is 10.1 Å². The zero-order chi connectivity index (χ0) is 21.7. The highest BCUT2D eigenvalue weighted by molar-refractivity contribution is 6.36. The maximum absolute atomic E-state index is 12.3. The van der Waals surface area contributed by atoms with Crippen molar-refractivity contribution < 1.29 is 19.2 Å². The van der Waals surface area contributed by atoms with E-state index in [1.165, 1.54) is 36.4 Å². The molecule has 152 valence electrons. The van der Waals surface area contributed by atoms with Crippen LogP contribution in [0.5, 0.6) is 5.75 Å². The summed E-state index contributed by atoms with van der Waals surface area (Å²) in [5, 5.41) is 14.1. The molecule has 0 aliphatic rings. The van der Waals surface area contributed by atoms with Gasteiger partial charge in [-0.25, -0.2) is 0 Å². The van der Waals surface area contributed by atoms with Crippen molar-refractivity contribution >= 4 is 46.3 Å². The average Bonchev–Trinajstić information content (AvgIpc) is 2.73. The summed E-state index contributed by atoms with van der Waals surface area (Å²) in [5.74, 6) is -0.374. The Balaban J connectivity index is 1.59. The number of carbonyl (C=O) groups is 2. The van der Waals surface area contributed by atoms with Gasteiger partial charge in [-0.1, -0.05) is 29.3 Å². The first-order chi connectivity index (χ1) is 14.3. The summed E-state index contributed by atoms with van der Waals surface area (Å²) in [6.45, 7) is -0.221. The zero-order valence-electron chi connectivity index (χ0n) is 15.3. The third kappa shape index (κ3) is 5.34. The fourth-order valence-corrected chi connectivity index (χ4v) is 3.05. The van der Waals surface area contributed by atoms with Crippen molar-refractivity contribution in [2.24, 2.45) is 0 Å². The maximum atomic E-state index is 12.3. The first-order valence-corrected chi connectivity index (χ1v) is 9.36. The number of nitrogens with zero attached hydrogens (tertiary/aromatic N) is 1. The van der Waals surface area contributed by atoms with E-state index in [-0.39, 0.29) is 28.7 Å². The van der Waals surface area contributed by atoms with Gasteiger partial charge in [0.1, 0.15) is 5.75 Å². The summed E-state index contributed by atoms with van der Waals surface area (Å²) in [5.41, 5.74) is 0.764.